The number of hydrogen-bond acceptors (Lipinski definition) is 0. The normalized spacial score (nSPS) is 41.1. The second-order valence-corrected chi connectivity index (χ2v) is 27.9. The summed E-state index contributed by atoms with van der Waals surface area (Å²) in [5, 5.41) is 0. The van der Waals surface area contributed by atoms with Gasteiger partial charge in [0.1, 0.15) is 0 Å². The van der Waals surface area contributed by atoms with Crippen LogP contribution in [0.5, 0.6) is 0 Å². The molecule has 0 aromatic heterocycles. The van der Waals surface area contributed by atoms with E-state index < -0.39 is 0 Å². The Labute approximate surface area is 380 Å². The van der Waals surface area contributed by atoms with Crippen molar-refractivity contribution < 1.29 is 0 Å². The highest BCUT2D eigenvalue weighted by Crippen LogP contribution is 2.66. The molecule has 0 aliphatic heterocycles. The van der Waals surface area contributed by atoms with Gasteiger partial charge in [-0.1, -0.05) is 185 Å². The molecule has 60 heavy (non-hydrogen) atoms. The van der Waals surface area contributed by atoms with Crippen LogP contribution >= 0.6 is 0 Å². The number of hydrogen-bond donors (Lipinski definition) is 0. The van der Waals surface area contributed by atoms with Crippen molar-refractivity contribution in [3.05, 3.63) is 12.2 Å². The lowest BCUT2D eigenvalue weighted by Gasteiger charge is -2.62. The van der Waals surface area contributed by atoms with Gasteiger partial charge in [0.2, 0.25) is 0 Å². The Morgan fingerprint density at radius 3 is 0.733 bits per heavy atom. The maximum atomic E-state index is 2.61. The Hall–Kier alpha value is -0.260. The molecule has 0 radical (unpaired) electrons. The zero-order chi connectivity index (χ0) is 45.8. The Morgan fingerprint density at radius 2 is 0.500 bits per heavy atom. The molecule has 8 rings (SSSR count). The fourth-order valence-corrected chi connectivity index (χ4v) is 19.0. The minimum Gasteiger partial charge on any atom is -0.0845 e. The standard InChI is InChI=1S/C21H38.C20H38.C19H36/c1-12(2)17-15-10-11-16(18(17)13(3)4)20(21(7,8)9)19(15)14(5)6;1-11(2)17-15-9-10-16(18(17)12(3)4)20(14(7)8)19(15)13(5)6;1-10(2)16-14-9-15(17(16)11(3)4)19(13(7)8)18(14)12(5)6/h10-20H,1-9H3;11-20H,9-10H2,1-8H3;10-19H,9H2,1-8H3. The topological polar surface area (TPSA) is 0 Å². The smallest absolute Gasteiger partial charge is 0.0163 e. The van der Waals surface area contributed by atoms with Gasteiger partial charge in [0.25, 0.3) is 0 Å². The first-order chi connectivity index (χ1) is 27.6. The van der Waals surface area contributed by atoms with E-state index in [9.17, 15) is 0 Å². The molecule has 352 valence electrons. The molecule has 6 fully saturated rings. The molecule has 0 aromatic carbocycles. The zero-order valence-corrected chi connectivity index (χ0v) is 45.5. The van der Waals surface area contributed by atoms with Gasteiger partial charge in [-0.25, -0.2) is 0 Å². The van der Waals surface area contributed by atoms with E-state index in [1.54, 1.807) is 0 Å². The summed E-state index contributed by atoms with van der Waals surface area (Å²) in [5.41, 5.74) is 0.414. The second-order valence-electron chi connectivity index (χ2n) is 27.9. The fourth-order valence-electron chi connectivity index (χ4n) is 19.0. The van der Waals surface area contributed by atoms with Crippen molar-refractivity contribution in [1.82, 2.24) is 0 Å². The highest BCUT2D eigenvalue weighted by Gasteiger charge is 2.60. The van der Waals surface area contributed by atoms with E-state index in [4.69, 9.17) is 0 Å². The number of rotatable bonds is 11. The Kier molecular flexibility index (Phi) is 17.9. The van der Waals surface area contributed by atoms with E-state index >= 15 is 0 Å². The van der Waals surface area contributed by atoms with Crippen molar-refractivity contribution >= 4 is 0 Å². The van der Waals surface area contributed by atoms with Crippen LogP contribution in [0, 0.1) is 177 Å². The molecular weight excluding hydrogens is 721 g/mol. The summed E-state index contributed by atoms with van der Waals surface area (Å²) in [6.45, 7) is 61.9. The molecule has 0 spiro atoms. The summed E-state index contributed by atoms with van der Waals surface area (Å²) in [6, 6.07) is 0. The Morgan fingerprint density at radius 1 is 0.283 bits per heavy atom. The first kappa shape index (κ1) is 52.4. The minimum absolute atomic E-state index is 0.414. The summed E-state index contributed by atoms with van der Waals surface area (Å²) in [4.78, 5) is 0. The molecule has 6 saturated carbocycles. The molecule has 6 bridgehead atoms. The summed E-state index contributed by atoms with van der Waals surface area (Å²) < 4.78 is 0. The van der Waals surface area contributed by atoms with Crippen molar-refractivity contribution in [1.29, 1.82) is 0 Å². The molecule has 0 aromatic rings. The lowest BCUT2D eigenvalue weighted by atomic mass is 9.43. The molecule has 0 amide bonds. The summed E-state index contributed by atoms with van der Waals surface area (Å²) in [6.07, 6.45) is 9.80. The van der Waals surface area contributed by atoms with Crippen LogP contribution < -0.4 is 0 Å². The van der Waals surface area contributed by atoms with Crippen molar-refractivity contribution in [2.45, 2.75) is 192 Å². The highest BCUT2D eigenvalue weighted by atomic mass is 14.7. The third-order valence-corrected chi connectivity index (χ3v) is 19.7. The van der Waals surface area contributed by atoms with Crippen LogP contribution in [0.25, 0.3) is 0 Å². The van der Waals surface area contributed by atoms with Gasteiger partial charge in [-0.3, -0.25) is 0 Å². The molecule has 8 aliphatic carbocycles. The van der Waals surface area contributed by atoms with Gasteiger partial charge < -0.3 is 0 Å². The van der Waals surface area contributed by atoms with Gasteiger partial charge in [-0.15, -0.1) is 0 Å². The van der Waals surface area contributed by atoms with Crippen LogP contribution in [-0.4, -0.2) is 0 Å². The van der Waals surface area contributed by atoms with E-state index in [-0.39, 0.29) is 0 Å². The van der Waals surface area contributed by atoms with Gasteiger partial charge >= 0.3 is 0 Å². The lowest BCUT2D eigenvalue weighted by molar-refractivity contribution is -0.136. The third-order valence-electron chi connectivity index (χ3n) is 19.7. The lowest BCUT2D eigenvalue weighted by Crippen LogP contribution is -2.56. The average Bonchev–Trinajstić information content (AvgIpc) is 3.71. The summed E-state index contributed by atoms with van der Waals surface area (Å²) >= 11 is 0. The van der Waals surface area contributed by atoms with Crippen LogP contribution in [-0.2, 0) is 0 Å². The Bertz CT molecular complexity index is 1190. The van der Waals surface area contributed by atoms with Crippen molar-refractivity contribution in [2.75, 3.05) is 0 Å². The first-order valence-corrected chi connectivity index (χ1v) is 27.3. The largest absolute Gasteiger partial charge is 0.0845 e. The second kappa shape index (κ2) is 20.5. The van der Waals surface area contributed by atoms with E-state index in [1.165, 1.54) is 19.3 Å². The summed E-state index contributed by atoms with van der Waals surface area (Å²) in [5.74, 6) is 26.3. The first-order valence-electron chi connectivity index (χ1n) is 27.3. The van der Waals surface area contributed by atoms with E-state index in [2.05, 4.69) is 185 Å². The third kappa shape index (κ3) is 10.1. The SMILES string of the molecule is CC(C)C1C2C=CC(C1C(C)C)C(C(C)(C)C)C2C(C)C.CC(C)C1C2CC(C1C(C)C)C(C(C)C)C2C(C)C.CC(C)C1C2CCC(C1C(C)C)C(C(C)C)C2C(C)C. The molecule has 0 N–H and O–H groups in total. The van der Waals surface area contributed by atoms with Crippen molar-refractivity contribution in [2.24, 2.45) is 177 Å². The predicted octanol–water partition coefficient (Wildman–Crippen LogP) is 18.1. The van der Waals surface area contributed by atoms with E-state index in [0.717, 1.165) is 172 Å². The van der Waals surface area contributed by atoms with Gasteiger partial charge in [-0.2, -0.15) is 0 Å². The molecule has 14 unspecified atom stereocenters. The molecule has 0 nitrogen and oxygen atoms in total. The van der Waals surface area contributed by atoms with E-state index in [0.29, 0.717) is 5.41 Å². The van der Waals surface area contributed by atoms with Gasteiger partial charge in [0, 0.05) is 0 Å². The van der Waals surface area contributed by atoms with Crippen LogP contribution in [0.15, 0.2) is 12.2 Å². The van der Waals surface area contributed by atoms with Crippen LogP contribution in [0.2, 0.25) is 0 Å². The van der Waals surface area contributed by atoms with Crippen molar-refractivity contribution in [3.63, 3.8) is 0 Å². The molecule has 0 heterocycles. The summed E-state index contributed by atoms with van der Waals surface area (Å²) in [7, 11) is 0. The predicted molar refractivity (Wildman–Crippen MR) is 268 cm³/mol. The molecule has 14 atom stereocenters. The number of fused-ring (bicyclic) bond motifs is 7. The highest BCUT2D eigenvalue weighted by molar-refractivity contribution is 5.18. The maximum absolute atomic E-state index is 2.61. The van der Waals surface area contributed by atoms with Crippen LogP contribution in [0.3, 0.4) is 0 Å². The average molecular weight is 834 g/mol. The van der Waals surface area contributed by atoms with Crippen molar-refractivity contribution in [3.8, 4) is 0 Å². The monoisotopic (exact) mass is 833 g/mol. The minimum atomic E-state index is 0.414. The quantitative estimate of drug-likeness (QED) is 0.182. The maximum Gasteiger partial charge on any atom is -0.0163 e. The molecule has 8 aliphatic rings. The number of allylic oxidation sites excluding steroid dienone is 2. The van der Waals surface area contributed by atoms with Crippen LogP contribution in [0.4, 0.5) is 0 Å². The van der Waals surface area contributed by atoms with Gasteiger partial charge in [0.05, 0.1) is 0 Å². The van der Waals surface area contributed by atoms with Gasteiger partial charge in [0.15, 0.2) is 0 Å². The van der Waals surface area contributed by atoms with E-state index in [1.807, 2.05) is 0 Å². The zero-order valence-electron chi connectivity index (χ0n) is 45.5. The van der Waals surface area contributed by atoms with Gasteiger partial charge in [-0.05, 0) is 196 Å². The Balaban J connectivity index is 0.000000199. The fraction of sp³-hybridized carbons (Fsp3) is 0.967. The van der Waals surface area contributed by atoms with Crippen LogP contribution in [0.1, 0.15) is 192 Å². The molecular formula is C60H112. The molecule has 0 saturated heterocycles. The molecule has 0 heteroatoms.